The zero-order valence-electron chi connectivity index (χ0n) is 12.6. The molecule has 0 aliphatic rings. The standard InChI is InChI=1S/C15H14ClN5O2S/c1-21(15(18)19)14(22)9-6-7-8(16)2-3-10(13(7)20-9)23-12-5-4-11(17)24-12/h2-6,20H,17H2,1H3,(H3,18,19). The number of fused-ring (bicyclic) bond motifs is 1. The molecule has 124 valence electrons. The van der Waals surface area contributed by atoms with Crippen molar-refractivity contribution in [3.05, 3.63) is 41.0 Å². The molecule has 0 radical (unpaired) electrons. The Labute approximate surface area is 146 Å². The average Bonchev–Trinajstić information content (AvgIpc) is 3.15. The van der Waals surface area contributed by atoms with Gasteiger partial charge < -0.3 is 21.2 Å². The van der Waals surface area contributed by atoms with Crippen molar-refractivity contribution in [2.45, 2.75) is 0 Å². The van der Waals surface area contributed by atoms with Crippen LogP contribution in [0.4, 0.5) is 5.00 Å². The number of halogens is 1. The number of benzene rings is 1. The van der Waals surface area contributed by atoms with E-state index in [1.807, 2.05) is 0 Å². The molecule has 2 aromatic heterocycles. The predicted molar refractivity (Wildman–Crippen MR) is 96.1 cm³/mol. The molecule has 24 heavy (non-hydrogen) atoms. The van der Waals surface area contributed by atoms with Crippen molar-refractivity contribution >= 4 is 50.7 Å². The number of guanidine groups is 1. The summed E-state index contributed by atoms with van der Waals surface area (Å²) in [5.41, 5.74) is 11.9. The minimum Gasteiger partial charge on any atom is -0.444 e. The number of anilines is 1. The number of nitrogen functional groups attached to an aromatic ring is 1. The number of thiophene rings is 1. The van der Waals surface area contributed by atoms with Gasteiger partial charge in [0.1, 0.15) is 5.69 Å². The van der Waals surface area contributed by atoms with Crippen LogP contribution in [0.1, 0.15) is 10.5 Å². The molecular formula is C15H14ClN5O2S. The Kier molecular flexibility index (Phi) is 4.08. The van der Waals surface area contributed by atoms with Crippen molar-refractivity contribution in [1.29, 1.82) is 5.41 Å². The molecule has 0 unspecified atom stereocenters. The van der Waals surface area contributed by atoms with E-state index in [1.165, 1.54) is 18.4 Å². The van der Waals surface area contributed by atoms with Gasteiger partial charge in [-0.1, -0.05) is 22.9 Å². The van der Waals surface area contributed by atoms with E-state index in [0.29, 0.717) is 31.7 Å². The fraction of sp³-hybridized carbons (Fsp3) is 0.0667. The number of carbonyl (C=O) groups is 1. The predicted octanol–water partition coefficient (Wildman–Crippen LogP) is 3.22. The number of H-pyrrole nitrogens is 1. The monoisotopic (exact) mass is 363 g/mol. The number of ether oxygens (including phenoxy) is 1. The summed E-state index contributed by atoms with van der Waals surface area (Å²) in [5.74, 6) is -0.280. The molecule has 0 aliphatic carbocycles. The Bertz CT molecular complexity index is 949. The molecule has 7 nitrogen and oxygen atoms in total. The maximum Gasteiger partial charge on any atom is 0.276 e. The van der Waals surface area contributed by atoms with Gasteiger partial charge in [-0.2, -0.15) is 0 Å². The average molecular weight is 364 g/mol. The lowest BCUT2D eigenvalue weighted by Gasteiger charge is -2.12. The fourth-order valence-electron chi connectivity index (χ4n) is 2.15. The number of aromatic nitrogens is 1. The quantitative estimate of drug-likeness (QED) is 0.421. The van der Waals surface area contributed by atoms with Crippen molar-refractivity contribution < 1.29 is 9.53 Å². The molecule has 2 heterocycles. The number of rotatable bonds is 3. The van der Waals surface area contributed by atoms with E-state index < -0.39 is 5.91 Å². The van der Waals surface area contributed by atoms with Crippen LogP contribution < -0.4 is 16.2 Å². The molecule has 0 fully saturated rings. The van der Waals surface area contributed by atoms with Gasteiger partial charge in [0.15, 0.2) is 16.8 Å². The van der Waals surface area contributed by atoms with Gasteiger partial charge in [0, 0.05) is 12.4 Å². The maximum atomic E-state index is 12.3. The van der Waals surface area contributed by atoms with Crippen LogP contribution in [0.2, 0.25) is 5.02 Å². The summed E-state index contributed by atoms with van der Waals surface area (Å²) in [4.78, 5) is 16.3. The molecule has 0 saturated carbocycles. The number of hydrogen-bond acceptors (Lipinski definition) is 5. The van der Waals surface area contributed by atoms with E-state index in [9.17, 15) is 4.79 Å². The Balaban J connectivity index is 2.04. The van der Waals surface area contributed by atoms with Crippen molar-refractivity contribution in [3.63, 3.8) is 0 Å². The lowest BCUT2D eigenvalue weighted by Crippen LogP contribution is -2.38. The summed E-state index contributed by atoms with van der Waals surface area (Å²) in [7, 11) is 1.42. The summed E-state index contributed by atoms with van der Waals surface area (Å²) < 4.78 is 5.83. The number of amides is 1. The van der Waals surface area contributed by atoms with E-state index in [0.717, 1.165) is 4.90 Å². The van der Waals surface area contributed by atoms with Crippen molar-refractivity contribution in [1.82, 2.24) is 9.88 Å². The highest BCUT2D eigenvalue weighted by Crippen LogP contribution is 2.37. The van der Waals surface area contributed by atoms with Crippen molar-refractivity contribution in [3.8, 4) is 10.8 Å². The number of aromatic amines is 1. The highest BCUT2D eigenvalue weighted by atomic mass is 35.5. The van der Waals surface area contributed by atoms with E-state index in [-0.39, 0.29) is 11.7 Å². The number of nitrogens with zero attached hydrogens (tertiary/aromatic N) is 1. The van der Waals surface area contributed by atoms with Crippen LogP contribution in [0.25, 0.3) is 10.9 Å². The zero-order valence-corrected chi connectivity index (χ0v) is 14.2. The van der Waals surface area contributed by atoms with Crippen LogP contribution in [0.15, 0.2) is 30.3 Å². The minimum atomic E-state index is -0.443. The topological polar surface area (TPSA) is 121 Å². The highest BCUT2D eigenvalue weighted by molar-refractivity contribution is 7.17. The summed E-state index contributed by atoms with van der Waals surface area (Å²) in [6.45, 7) is 0. The SMILES string of the molecule is CN(C(=N)N)C(=O)c1cc2c(Cl)ccc(Oc3ccc(N)s3)c2[nH]1. The van der Waals surface area contributed by atoms with Gasteiger partial charge in [-0.3, -0.25) is 15.1 Å². The van der Waals surface area contributed by atoms with E-state index >= 15 is 0 Å². The first-order valence-electron chi connectivity index (χ1n) is 6.83. The number of carbonyl (C=O) groups excluding carboxylic acids is 1. The van der Waals surface area contributed by atoms with E-state index in [2.05, 4.69) is 4.98 Å². The molecule has 0 spiro atoms. The summed E-state index contributed by atoms with van der Waals surface area (Å²) >= 11 is 7.52. The first-order chi connectivity index (χ1) is 11.4. The smallest absolute Gasteiger partial charge is 0.276 e. The lowest BCUT2D eigenvalue weighted by atomic mass is 10.2. The Morgan fingerprint density at radius 1 is 1.38 bits per heavy atom. The molecule has 0 bridgehead atoms. The molecule has 0 aliphatic heterocycles. The summed E-state index contributed by atoms with van der Waals surface area (Å²) in [5, 5.41) is 9.74. The maximum absolute atomic E-state index is 12.3. The molecular weight excluding hydrogens is 350 g/mol. The highest BCUT2D eigenvalue weighted by Gasteiger charge is 2.19. The fourth-order valence-corrected chi connectivity index (χ4v) is 3.00. The molecule has 6 N–H and O–H groups in total. The lowest BCUT2D eigenvalue weighted by molar-refractivity contribution is 0.0864. The molecule has 3 rings (SSSR count). The van der Waals surface area contributed by atoms with Gasteiger partial charge in [0.2, 0.25) is 0 Å². The van der Waals surface area contributed by atoms with Gasteiger partial charge in [0.25, 0.3) is 5.91 Å². The van der Waals surface area contributed by atoms with Crippen LogP contribution in [-0.2, 0) is 0 Å². The van der Waals surface area contributed by atoms with Gasteiger partial charge in [0.05, 0.1) is 15.5 Å². The summed E-state index contributed by atoms with van der Waals surface area (Å²) in [6.07, 6.45) is 0. The van der Waals surface area contributed by atoms with Gasteiger partial charge >= 0.3 is 0 Å². The molecule has 1 aromatic carbocycles. The van der Waals surface area contributed by atoms with E-state index in [1.54, 1.807) is 30.3 Å². The third-order valence-corrected chi connectivity index (χ3v) is 4.53. The molecule has 9 heteroatoms. The second-order valence-corrected chi connectivity index (χ2v) is 6.51. The van der Waals surface area contributed by atoms with Crippen LogP contribution in [0.3, 0.4) is 0 Å². The second kappa shape index (κ2) is 6.06. The summed E-state index contributed by atoms with van der Waals surface area (Å²) in [6, 6.07) is 8.51. The van der Waals surface area contributed by atoms with E-state index in [4.69, 9.17) is 33.2 Å². The molecule has 1 amide bonds. The number of nitrogens with two attached hydrogens (primary N) is 2. The second-order valence-electron chi connectivity index (χ2n) is 5.03. The number of nitrogens with one attached hydrogen (secondary N) is 2. The van der Waals surface area contributed by atoms with Crippen LogP contribution in [0.5, 0.6) is 10.8 Å². The third-order valence-electron chi connectivity index (χ3n) is 3.41. The normalized spacial score (nSPS) is 10.8. The number of hydrogen-bond donors (Lipinski definition) is 4. The Morgan fingerprint density at radius 2 is 2.12 bits per heavy atom. The Morgan fingerprint density at radius 3 is 2.75 bits per heavy atom. The zero-order chi connectivity index (χ0) is 17.4. The first kappa shape index (κ1) is 16.2. The van der Waals surface area contributed by atoms with Crippen molar-refractivity contribution in [2.75, 3.05) is 12.8 Å². The molecule has 0 saturated heterocycles. The molecule has 0 atom stereocenters. The van der Waals surface area contributed by atoms with Crippen molar-refractivity contribution in [2.24, 2.45) is 5.73 Å². The largest absolute Gasteiger partial charge is 0.444 e. The van der Waals surface area contributed by atoms with Crippen LogP contribution in [0, 0.1) is 5.41 Å². The first-order valence-corrected chi connectivity index (χ1v) is 8.02. The van der Waals surface area contributed by atoms with Crippen LogP contribution in [-0.4, -0.2) is 28.8 Å². The minimum absolute atomic E-state index is 0.256. The third kappa shape index (κ3) is 2.89. The van der Waals surface area contributed by atoms with Gasteiger partial charge in [-0.25, -0.2) is 0 Å². The van der Waals surface area contributed by atoms with Gasteiger partial charge in [-0.15, -0.1) is 0 Å². The van der Waals surface area contributed by atoms with Crippen LogP contribution >= 0.6 is 22.9 Å². The van der Waals surface area contributed by atoms with Gasteiger partial charge in [-0.05, 0) is 30.3 Å². The Hall–Kier alpha value is -2.71. The molecule has 3 aromatic rings.